The molecule has 0 N–H and O–H groups in total. The number of ether oxygens (including phenoxy) is 1. The smallest absolute Gasteiger partial charge is 0.237 e. The molecule has 3 heteroatoms. The van der Waals surface area contributed by atoms with E-state index in [4.69, 9.17) is 4.74 Å². The Hall–Kier alpha value is -2.34. The van der Waals surface area contributed by atoms with Crippen LogP contribution >= 0.6 is 0 Å². The summed E-state index contributed by atoms with van der Waals surface area (Å²) < 4.78 is 5.95. The molecule has 3 nitrogen and oxygen atoms in total. The Morgan fingerprint density at radius 3 is 2.86 bits per heavy atom. The van der Waals surface area contributed by atoms with Crippen molar-refractivity contribution in [2.45, 2.75) is 39.0 Å². The lowest BCUT2D eigenvalue weighted by atomic mass is 9.95. The highest BCUT2D eigenvalue weighted by Crippen LogP contribution is 2.30. The number of aryl methyl sites for hydroxylation is 3. The SMILES string of the molecule is CCc1ccccc1Oc1nc2c(cc1C#N)CCCC2. The summed E-state index contributed by atoms with van der Waals surface area (Å²) in [5, 5.41) is 9.35. The molecule has 0 saturated carbocycles. The molecule has 3 rings (SSSR count). The molecular formula is C18H18N2O. The van der Waals surface area contributed by atoms with Gasteiger partial charge in [0.15, 0.2) is 0 Å². The molecule has 1 heterocycles. The lowest BCUT2D eigenvalue weighted by molar-refractivity contribution is 0.451. The predicted octanol–water partition coefficient (Wildman–Crippen LogP) is 4.19. The van der Waals surface area contributed by atoms with Gasteiger partial charge < -0.3 is 4.74 Å². The molecule has 106 valence electrons. The summed E-state index contributed by atoms with van der Waals surface area (Å²) in [5.41, 5.74) is 3.95. The average Bonchev–Trinajstić information content (AvgIpc) is 2.54. The molecule has 0 amide bonds. The van der Waals surface area contributed by atoms with Gasteiger partial charge in [0, 0.05) is 5.69 Å². The van der Waals surface area contributed by atoms with Gasteiger partial charge in [-0.15, -0.1) is 0 Å². The van der Waals surface area contributed by atoms with Gasteiger partial charge in [0.2, 0.25) is 5.88 Å². The van der Waals surface area contributed by atoms with Crippen molar-refractivity contribution in [1.29, 1.82) is 5.26 Å². The van der Waals surface area contributed by atoms with Crippen LogP contribution in [0.2, 0.25) is 0 Å². The minimum Gasteiger partial charge on any atom is -0.437 e. The zero-order valence-electron chi connectivity index (χ0n) is 12.2. The highest BCUT2D eigenvalue weighted by molar-refractivity contribution is 5.46. The number of rotatable bonds is 3. The Kier molecular flexibility index (Phi) is 3.87. The van der Waals surface area contributed by atoms with Crippen molar-refractivity contribution in [1.82, 2.24) is 4.98 Å². The average molecular weight is 278 g/mol. The normalized spacial score (nSPS) is 13.3. The zero-order chi connectivity index (χ0) is 14.7. The Bertz CT molecular complexity index is 701. The summed E-state index contributed by atoms with van der Waals surface area (Å²) in [7, 11) is 0. The third kappa shape index (κ3) is 2.75. The van der Waals surface area contributed by atoms with Gasteiger partial charge in [0.1, 0.15) is 17.4 Å². The van der Waals surface area contributed by atoms with Gasteiger partial charge in [0.05, 0.1) is 0 Å². The van der Waals surface area contributed by atoms with Crippen LogP contribution in [0.1, 0.15) is 42.1 Å². The molecule has 0 fully saturated rings. The number of fused-ring (bicyclic) bond motifs is 1. The third-order valence-electron chi connectivity index (χ3n) is 3.95. The fourth-order valence-electron chi connectivity index (χ4n) is 2.77. The number of benzene rings is 1. The van der Waals surface area contributed by atoms with E-state index in [2.05, 4.69) is 18.0 Å². The second-order valence-electron chi connectivity index (χ2n) is 5.33. The van der Waals surface area contributed by atoms with Crippen LogP contribution in [0, 0.1) is 11.3 Å². The van der Waals surface area contributed by atoms with Crippen LogP contribution in [-0.2, 0) is 19.3 Å². The topological polar surface area (TPSA) is 45.9 Å². The second kappa shape index (κ2) is 5.97. The van der Waals surface area contributed by atoms with Crippen molar-refractivity contribution in [2.24, 2.45) is 0 Å². The molecular weight excluding hydrogens is 260 g/mol. The van der Waals surface area contributed by atoms with E-state index in [1.165, 1.54) is 12.0 Å². The Labute approximate surface area is 125 Å². The van der Waals surface area contributed by atoms with Crippen molar-refractivity contribution in [2.75, 3.05) is 0 Å². The van der Waals surface area contributed by atoms with E-state index in [1.807, 2.05) is 30.3 Å². The molecule has 0 bridgehead atoms. The van der Waals surface area contributed by atoms with E-state index in [9.17, 15) is 5.26 Å². The summed E-state index contributed by atoms with van der Waals surface area (Å²) in [4.78, 5) is 4.61. The summed E-state index contributed by atoms with van der Waals surface area (Å²) in [6.45, 7) is 2.09. The predicted molar refractivity (Wildman–Crippen MR) is 81.5 cm³/mol. The van der Waals surface area contributed by atoms with Crippen LogP contribution in [0.4, 0.5) is 0 Å². The van der Waals surface area contributed by atoms with Crippen molar-refractivity contribution in [3.05, 3.63) is 52.7 Å². The fourth-order valence-corrected chi connectivity index (χ4v) is 2.77. The minimum absolute atomic E-state index is 0.444. The standard InChI is InChI=1S/C18H18N2O/c1-2-13-7-4-6-10-17(13)21-18-15(12-19)11-14-8-3-5-9-16(14)20-18/h4,6-7,10-11H,2-3,5,8-9H2,1H3. The minimum atomic E-state index is 0.444. The van der Waals surface area contributed by atoms with Gasteiger partial charge in [-0.2, -0.15) is 5.26 Å². The van der Waals surface area contributed by atoms with E-state index < -0.39 is 0 Å². The maximum Gasteiger partial charge on any atom is 0.237 e. The lowest BCUT2D eigenvalue weighted by Crippen LogP contribution is -2.07. The van der Waals surface area contributed by atoms with E-state index in [-0.39, 0.29) is 0 Å². The molecule has 1 aromatic heterocycles. The van der Waals surface area contributed by atoms with Crippen molar-refractivity contribution < 1.29 is 4.74 Å². The van der Waals surface area contributed by atoms with Crippen LogP contribution in [-0.4, -0.2) is 4.98 Å². The first kappa shape index (κ1) is 13.6. The van der Waals surface area contributed by atoms with Gasteiger partial charge in [-0.05, 0) is 55.4 Å². The van der Waals surface area contributed by atoms with Crippen molar-refractivity contribution >= 4 is 0 Å². The maximum atomic E-state index is 9.35. The highest BCUT2D eigenvalue weighted by Gasteiger charge is 2.17. The molecule has 1 aromatic carbocycles. The monoisotopic (exact) mass is 278 g/mol. The summed E-state index contributed by atoms with van der Waals surface area (Å²) in [6.07, 6.45) is 5.23. The van der Waals surface area contributed by atoms with Gasteiger partial charge in [-0.3, -0.25) is 0 Å². The molecule has 0 aliphatic heterocycles. The molecule has 0 spiro atoms. The third-order valence-corrected chi connectivity index (χ3v) is 3.95. The van der Waals surface area contributed by atoms with Crippen molar-refractivity contribution in [3.8, 4) is 17.7 Å². The Morgan fingerprint density at radius 1 is 1.24 bits per heavy atom. The molecule has 2 aromatic rings. The van der Waals surface area contributed by atoms with Crippen molar-refractivity contribution in [3.63, 3.8) is 0 Å². The van der Waals surface area contributed by atoms with E-state index in [0.29, 0.717) is 11.4 Å². The molecule has 1 aliphatic rings. The van der Waals surface area contributed by atoms with E-state index in [0.717, 1.165) is 42.7 Å². The van der Waals surface area contributed by atoms with Crippen LogP contribution < -0.4 is 4.74 Å². The number of aromatic nitrogens is 1. The molecule has 0 atom stereocenters. The largest absolute Gasteiger partial charge is 0.437 e. The number of nitriles is 1. The molecule has 1 aliphatic carbocycles. The number of pyridine rings is 1. The van der Waals surface area contributed by atoms with Gasteiger partial charge in [-0.25, -0.2) is 4.98 Å². The van der Waals surface area contributed by atoms with E-state index >= 15 is 0 Å². The first-order valence-electron chi connectivity index (χ1n) is 7.50. The van der Waals surface area contributed by atoms with Gasteiger partial charge in [-0.1, -0.05) is 25.1 Å². The second-order valence-corrected chi connectivity index (χ2v) is 5.33. The van der Waals surface area contributed by atoms with Crippen LogP contribution in [0.25, 0.3) is 0 Å². The zero-order valence-corrected chi connectivity index (χ0v) is 12.2. The first-order chi connectivity index (χ1) is 10.3. The molecule has 0 saturated heterocycles. The number of para-hydroxylation sites is 1. The molecule has 0 radical (unpaired) electrons. The van der Waals surface area contributed by atoms with Gasteiger partial charge in [0.25, 0.3) is 0 Å². The number of hydrogen-bond acceptors (Lipinski definition) is 3. The van der Waals surface area contributed by atoms with E-state index in [1.54, 1.807) is 0 Å². The fraction of sp³-hybridized carbons (Fsp3) is 0.333. The highest BCUT2D eigenvalue weighted by atomic mass is 16.5. The lowest BCUT2D eigenvalue weighted by Gasteiger charge is -2.17. The Balaban J connectivity index is 2.00. The van der Waals surface area contributed by atoms with Crippen LogP contribution in [0.15, 0.2) is 30.3 Å². The molecule has 21 heavy (non-hydrogen) atoms. The van der Waals surface area contributed by atoms with Crippen LogP contribution in [0.3, 0.4) is 0 Å². The summed E-state index contributed by atoms with van der Waals surface area (Å²) in [5.74, 6) is 1.24. The summed E-state index contributed by atoms with van der Waals surface area (Å²) in [6, 6.07) is 12.1. The van der Waals surface area contributed by atoms with Gasteiger partial charge >= 0.3 is 0 Å². The maximum absolute atomic E-state index is 9.35. The number of hydrogen-bond donors (Lipinski definition) is 0. The quantitative estimate of drug-likeness (QED) is 0.845. The Morgan fingerprint density at radius 2 is 2.05 bits per heavy atom. The van der Waals surface area contributed by atoms with Crippen LogP contribution in [0.5, 0.6) is 11.6 Å². The molecule has 0 unspecified atom stereocenters. The summed E-state index contributed by atoms with van der Waals surface area (Å²) >= 11 is 0. The first-order valence-corrected chi connectivity index (χ1v) is 7.50. The number of nitrogens with zero attached hydrogens (tertiary/aromatic N) is 2.